The maximum absolute atomic E-state index is 12.6. The van der Waals surface area contributed by atoms with Gasteiger partial charge < -0.3 is 15.0 Å². The number of carbonyl (C=O) groups excluding carboxylic acids is 1. The van der Waals surface area contributed by atoms with Gasteiger partial charge in [-0.15, -0.1) is 11.3 Å². The number of thiophene rings is 1. The number of benzene rings is 1. The number of H-pyrrole nitrogens is 1. The van der Waals surface area contributed by atoms with Crippen molar-refractivity contribution in [1.29, 1.82) is 0 Å². The number of imidazole rings is 1. The van der Waals surface area contributed by atoms with Gasteiger partial charge in [-0.2, -0.15) is 0 Å². The van der Waals surface area contributed by atoms with Gasteiger partial charge in [-0.3, -0.25) is 4.79 Å². The summed E-state index contributed by atoms with van der Waals surface area (Å²) in [5, 5.41) is 12.7. The van der Waals surface area contributed by atoms with Crippen molar-refractivity contribution in [1.82, 2.24) is 14.9 Å². The summed E-state index contributed by atoms with van der Waals surface area (Å²) in [5.74, 6) is 0.109. The lowest BCUT2D eigenvalue weighted by Gasteiger charge is -2.26. The predicted octanol–water partition coefficient (Wildman–Crippen LogP) is 2.53. The van der Waals surface area contributed by atoms with E-state index < -0.39 is 0 Å². The van der Waals surface area contributed by atoms with E-state index in [-0.39, 0.29) is 11.7 Å². The molecule has 1 amide bonds. The van der Waals surface area contributed by atoms with Crippen LogP contribution in [0, 0.1) is 0 Å². The first-order chi connectivity index (χ1) is 10.2. The van der Waals surface area contributed by atoms with Gasteiger partial charge in [0.1, 0.15) is 5.75 Å². The molecule has 21 heavy (non-hydrogen) atoms. The number of aromatic hydroxyl groups is 1. The molecule has 4 rings (SSSR count). The quantitative estimate of drug-likeness (QED) is 0.725. The smallest absolute Gasteiger partial charge is 0.254 e. The Morgan fingerprint density at radius 2 is 2.33 bits per heavy atom. The summed E-state index contributed by atoms with van der Waals surface area (Å²) in [6, 6.07) is 5.27. The highest BCUT2D eigenvalue weighted by molar-refractivity contribution is 7.17. The van der Waals surface area contributed by atoms with Crippen LogP contribution in [0.15, 0.2) is 29.9 Å². The van der Waals surface area contributed by atoms with Gasteiger partial charge in [0, 0.05) is 28.6 Å². The number of nitrogens with zero attached hydrogens (tertiary/aromatic N) is 2. The highest BCUT2D eigenvalue weighted by Crippen LogP contribution is 2.31. The van der Waals surface area contributed by atoms with E-state index in [2.05, 4.69) is 9.97 Å². The number of fused-ring (bicyclic) bond motifs is 2. The third kappa shape index (κ3) is 1.99. The molecule has 3 aromatic rings. The zero-order valence-electron chi connectivity index (χ0n) is 11.2. The van der Waals surface area contributed by atoms with E-state index in [1.165, 1.54) is 11.3 Å². The standard InChI is InChI=1S/C15H13N3O2S/c19-13-5-9(6-14-10(13)2-4-21-14)15(20)18-3-1-11-12(7-18)17-8-16-11/h2,4-6,8,19H,1,3,7H2,(H,16,17). The fourth-order valence-electron chi connectivity index (χ4n) is 2.74. The number of aromatic amines is 1. The third-order valence-corrected chi connectivity index (χ3v) is 4.72. The van der Waals surface area contributed by atoms with Gasteiger partial charge >= 0.3 is 0 Å². The van der Waals surface area contributed by atoms with Crippen LogP contribution in [0.5, 0.6) is 5.75 Å². The molecule has 6 heteroatoms. The summed E-state index contributed by atoms with van der Waals surface area (Å²) in [6.45, 7) is 1.19. The number of hydrogen-bond donors (Lipinski definition) is 2. The molecule has 5 nitrogen and oxygen atoms in total. The van der Waals surface area contributed by atoms with Crippen LogP contribution in [0.4, 0.5) is 0 Å². The van der Waals surface area contributed by atoms with Crippen molar-refractivity contribution >= 4 is 27.3 Å². The molecule has 3 heterocycles. The van der Waals surface area contributed by atoms with Crippen LogP contribution in [0.3, 0.4) is 0 Å². The van der Waals surface area contributed by atoms with Gasteiger partial charge in [0.05, 0.1) is 24.3 Å². The summed E-state index contributed by atoms with van der Waals surface area (Å²) >= 11 is 1.52. The molecule has 0 fully saturated rings. The van der Waals surface area contributed by atoms with Gasteiger partial charge in [0.15, 0.2) is 0 Å². The molecule has 0 spiro atoms. The molecule has 2 aromatic heterocycles. The lowest BCUT2D eigenvalue weighted by atomic mass is 10.1. The van der Waals surface area contributed by atoms with Crippen LogP contribution < -0.4 is 0 Å². The highest BCUT2D eigenvalue weighted by atomic mass is 32.1. The first-order valence-corrected chi connectivity index (χ1v) is 7.61. The normalized spacial score (nSPS) is 14.4. The first-order valence-electron chi connectivity index (χ1n) is 6.73. The minimum Gasteiger partial charge on any atom is -0.507 e. The first kappa shape index (κ1) is 12.4. The fourth-order valence-corrected chi connectivity index (χ4v) is 3.59. The molecule has 0 aliphatic carbocycles. The lowest BCUT2D eigenvalue weighted by Crippen LogP contribution is -2.36. The van der Waals surface area contributed by atoms with Crippen LogP contribution in [0.1, 0.15) is 21.7 Å². The molecule has 0 bridgehead atoms. The maximum Gasteiger partial charge on any atom is 0.254 e. The van der Waals surface area contributed by atoms with Crippen LogP contribution in [-0.4, -0.2) is 32.4 Å². The van der Waals surface area contributed by atoms with Crippen molar-refractivity contribution in [2.45, 2.75) is 13.0 Å². The van der Waals surface area contributed by atoms with E-state index in [1.54, 1.807) is 17.3 Å². The largest absolute Gasteiger partial charge is 0.507 e. The summed E-state index contributed by atoms with van der Waals surface area (Å²) in [5.41, 5.74) is 2.57. The second kappa shape index (κ2) is 4.60. The molecule has 2 N–H and O–H groups in total. The Morgan fingerprint density at radius 1 is 1.43 bits per heavy atom. The highest BCUT2D eigenvalue weighted by Gasteiger charge is 2.24. The zero-order chi connectivity index (χ0) is 14.4. The SMILES string of the molecule is O=C(c1cc(O)c2ccsc2c1)N1CCc2nc[nH]c2C1. The second-order valence-electron chi connectivity index (χ2n) is 5.13. The number of phenols is 1. The van der Waals surface area contributed by atoms with E-state index in [4.69, 9.17) is 0 Å². The Kier molecular flexibility index (Phi) is 2.71. The topological polar surface area (TPSA) is 69.2 Å². The zero-order valence-corrected chi connectivity index (χ0v) is 12.0. The molecule has 0 saturated heterocycles. The molecular weight excluding hydrogens is 286 g/mol. The van der Waals surface area contributed by atoms with Crippen molar-refractivity contribution in [2.24, 2.45) is 0 Å². The van der Waals surface area contributed by atoms with E-state index in [0.717, 1.165) is 27.9 Å². The number of aromatic nitrogens is 2. The predicted molar refractivity (Wildman–Crippen MR) is 80.5 cm³/mol. The number of carbonyl (C=O) groups is 1. The molecule has 106 valence electrons. The van der Waals surface area contributed by atoms with Crippen molar-refractivity contribution in [3.05, 3.63) is 46.9 Å². The van der Waals surface area contributed by atoms with Gasteiger partial charge in [0.25, 0.3) is 5.91 Å². The molecule has 0 unspecified atom stereocenters. The summed E-state index contributed by atoms with van der Waals surface area (Å²) in [4.78, 5) is 21.7. The number of rotatable bonds is 1. The number of phenolic OH excluding ortho intramolecular Hbond substituents is 1. The van der Waals surface area contributed by atoms with Gasteiger partial charge in [-0.25, -0.2) is 4.98 Å². The Morgan fingerprint density at radius 3 is 3.24 bits per heavy atom. The summed E-state index contributed by atoms with van der Waals surface area (Å²) in [7, 11) is 0. The number of amides is 1. The Hall–Kier alpha value is -2.34. The molecule has 0 atom stereocenters. The molecule has 1 aliphatic heterocycles. The minimum absolute atomic E-state index is 0.0548. The van der Waals surface area contributed by atoms with Crippen LogP contribution in [0.2, 0.25) is 0 Å². The number of hydrogen-bond acceptors (Lipinski definition) is 4. The summed E-state index contributed by atoms with van der Waals surface area (Å²) < 4.78 is 0.928. The van der Waals surface area contributed by atoms with Gasteiger partial charge in [0.2, 0.25) is 0 Å². The van der Waals surface area contributed by atoms with Crippen LogP contribution >= 0.6 is 11.3 Å². The van der Waals surface area contributed by atoms with Gasteiger partial charge in [-0.05, 0) is 23.6 Å². The van der Waals surface area contributed by atoms with Crippen molar-refractivity contribution in [3.8, 4) is 5.75 Å². The summed E-state index contributed by atoms with van der Waals surface area (Å²) in [6.07, 6.45) is 2.43. The van der Waals surface area contributed by atoms with Gasteiger partial charge in [-0.1, -0.05) is 0 Å². The molecular formula is C15H13N3O2S. The lowest BCUT2D eigenvalue weighted by molar-refractivity contribution is 0.0731. The third-order valence-electron chi connectivity index (χ3n) is 3.86. The fraction of sp³-hybridized carbons (Fsp3) is 0.200. The van der Waals surface area contributed by atoms with Crippen LogP contribution in [0.25, 0.3) is 10.1 Å². The molecule has 1 aromatic carbocycles. The molecule has 0 saturated carbocycles. The van der Waals surface area contributed by atoms with E-state index in [0.29, 0.717) is 18.7 Å². The Labute approximate surface area is 124 Å². The monoisotopic (exact) mass is 299 g/mol. The second-order valence-corrected chi connectivity index (χ2v) is 6.08. The van der Waals surface area contributed by atoms with Crippen molar-refractivity contribution in [3.63, 3.8) is 0 Å². The molecule has 0 radical (unpaired) electrons. The Balaban J connectivity index is 1.67. The average molecular weight is 299 g/mol. The molecule has 1 aliphatic rings. The van der Waals surface area contributed by atoms with Crippen molar-refractivity contribution < 1.29 is 9.90 Å². The minimum atomic E-state index is -0.0548. The van der Waals surface area contributed by atoms with E-state index >= 15 is 0 Å². The Bertz CT molecular complexity index is 836. The van der Waals surface area contributed by atoms with Crippen molar-refractivity contribution in [2.75, 3.05) is 6.54 Å². The number of nitrogens with one attached hydrogen (secondary N) is 1. The average Bonchev–Trinajstić information content (AvgIpc) is 3.14. The maximum atomic E-state index is 12.6. The van der Waals surface area contributed by atoms with Crippen LogP contribution in [-0.2, 0) is 13.0 Å². The van der Waals surface area contributed by atoms with E-state index in [1.807, 2.05) is 17.5 Å². The van der Waals surface area contributed by atoms with E-state index in [9.17, 15) is 9.90 Å².